The molecule has 1 aromatic heterocycles. The summed E-state index contributed by atoms with van der Waals surface area (Å²) in [5.41, 5.74) is 1.82. The van der Waals surface area contributed by atoms with E-state index in [1.807, 2.05) is 22.9 Å². The molecule has 2 atom stereocenters. The summed E-state index contributed by atoms with van der Waals surface area (Å²) >= 11 is 6.40. The predicted molar refractivity (Wildman–Crippen MR) is 124 cm³/mol. The number of hydrogen-bond acceptors (Lipinski definition) is 5. The molecule has 2 aromatic carbocycles. The first-order valence-corrected chi connectivity index (χ1v) is 12.8. The van der Waals surface area contributed by atoms with Gasteiger partial charge in [-0.3, -0.25) is 4.90 Å². The van der Waals surface area contributed by atoms with Crippen LogP contribution in [-0.2, 0) is 10.0 Å². The van der Waals surface area contributed by atoms with Crippen LogP contribution < -0.4 is 9.62 Å². The van der Waals surface area contributed by atoms with Crippen LogP contribution in [0, 0.1) is 0 Å². The molecular weight excluding hydrogens is 490 g/mol. The highest BCUT2D eigenvalue weighted by Gasteiger charge is 2.60. The topological polar surface area (TPSA) is 95.8 Å². The van der Waals surface area contributed by atoms with E-state index in [4.69, 9.17) is 16.1 Å². The molecule has 0 saturated carbocycles. The Balaban J connectivity index is 1.52. The third-order valence-electron chi connectivity index (χ3n) is 6.37. The molecule has 0 unspecified atom stereocenters. The zero-order valence-electron chi connectivity index (χ0n) is 18.0. The number of carbonyl (C=O) groups is 1. The Kier molecular flexibility index (Phi) is 5.53. The van der Waals surface area contributed by atoms with Gasteiger partial charge in [-0.2, -0.15) is 0 Å². The van der Waals surface area contributed by atoms with Crippen LogP contribution in [0.15, 0.2) is 47.0 Å². The number of aromatic nitrogens is 1. The van der Waals surface area contributed by atoms with Crippen LogP contribution in [0.3, 0.4) is 0 Å². The van der Waals surface area contributed by atoms with E-state index >= 15 is 8.78 Å². The van der Waals surface area contributed by atoms with Crippen LogP contribution in [0.1, 0.15) is 13.3 Å². The minimum absolute atomic E-state index is 0.0265. The molecule has 3 heterocycles. The van der Waals surface area contributed by atoms with Gasteiger partial charge >= 0.3 is 6.03 Å². The number of anilines is 1. The number of fused-ring (bicyclic) bond motifs is 2. The van der Waals surface area contributed by atoms with Crippen molar-refractivity contribution in [3.63, 3.8) is 0 Å². The molecule has 180 valence electrons. The maximum absolute atomic E-state index is 15.0. The normalized spacial score (nSPS) is 22.4. The van der Waals surface area contributed by atoms with Crippen molar-refractivity contribution in [2.24, 2.45) is 0 Å². The number of rotatable bonds is 5. The standard InChI is InChI=1S/C22H21ClF2N4O4S/c1-2-34(31,32)27-17-12-29-18(22(17,24)25)10-11-28(21(29)30)20-19-14(7-5-9-16(19)33-26-20)13-6-3-4-8-15(13)23/h3-9,17-18,27H,2,10-12H2,1H3/t17-,18-/m1/s1. The molecule has 12 heteroatoms. The van der Waals surface area contributed by atoms with Crippen LogP contribution in [-0.4, -0.2) is 61.4 Å². The van der Waals surface area contributed by atoms with Gasteiger partial charge in [-0.15, -0.1) is 0 Å². The summed E-state index contributed by atoms with van der Waals surface area (Å²) in [5, 5.41) is 5.12. The van der Waals surface area contributed by atoms with Gasteiger partial charge in [0.1, 0.15) is 12.1 Å². The van der Waals surface area contributed by atoms with Crippen molar-refractivity contribution in [1.29, 1.82) is 0 Å². The Morgan fingerprint density at radius 1 is 1.21 bits per heavy atom. The van der Waals surface area contributed by atoms with Crippen molar-refractivity contribution in [2.45, 2.75) is 31.4 Å². The van der Waals surface area contributed by atoms with Crippen molar-refractivity contribution >= 4 is 44.4 Å². The summed E-state index contributed by atoms with van der Waals surface area (Å²) in [6, 6.07) is 8.69. The SMILES string of the molecule is CCS(=O)(=O)N[C@@H]1CN2C(=O)N(c3noc4cccc(-c5ccccc5Cl)c34)CC[C@@H]2C1(F)F. The van der Waals surface area contributed by atoms with E-state index in [0.29, 0.717) is 27.1 Å². The molecule has 8 nitrogen and oxygen atoms in total. The summed E-state index contributed by atoms with van der Waals surface area (Å²) in [6.07, 6.45) is -0.0638. The van der Waals surface area contributed by atoms with Crippen molar-refractivity contribution in [2.75, 3.05) is 23.7 Å². The van der Waals surface area contributed by atoms with Crippen LogP contribution in [0.2, 0.25) is 5.02 Å². The van der Waals surface area contributed by atoms with Gasteiger partial charge in [-0.1, -0.05) is 47.1 Å². The zero-order chi connectivity index (χ0) is 24.3. The molecule has 34 heavy (non-hydrogen) atoms. The van der Waals surface area contributed by atoms with Crippen LogP contribution in [0.4, 0.5) is 19.4 Å². The first-order valence-electron chi connectivity index (χ1n) is 10.7. The van der Waals surface area contributed by atoms with Crippen LogP contribution in [0.25, 0.3) is 22.1 Å². The monoisotopic (exact) mass is 510 g/mol. The number of carbonyl (C=O) groups excluding carboxylic acids is 1. The zero-order valence-corrected chi connectivity index (χ0v) is 19.6. The Hall–Kier alpha value is -2.76. The summed E-state index contributed by atoms with van der Waals surface area (Å²) in [5.74, 6) is -3.53. The lowest BCUT2D eigenvalue weighted by Crippen LogP contribution is -2.56. The van der Waals surface area contributed by atoms with E-state index in [1.54, 1.807) is 24.3 Å². The number of urea groups is 1. The van der Waals surface area contributed by atoms with E-state index < -0.39 is 40.6 Å². The predicted octanol–water partition coefficient (Wildman–Crippen LogP) is 4.11. The molecule has 0 spiro atoms. The molecule has 2 aliphatic heterocycles. The van der Waals surface area contributed by atoms with Gasteiger partial charge in [0.05, 0.1) is 11.1 Å². The highest BCUT2D eigenvalue weighted by molar-refractivity contribution is 7.89. The fraction of sp³-hybridized carbons (Fsp3) is 0.364. The Bertz CT molecular complexity index is 1380. The van der Waals surface area contributed by atoms with E-state index in [-0.39, 0.29) is 24.5 Å². The molecule has 2 fully saturated rings. The van der Waals surface area contributed by atoms with E-state index in [9.17, 15) is 13.2 Å². The van der Waals surface area contributed by atoms with E-state index in [0.717, 1.165) is 4.90 Å². The van der Waals surface area contributed by atoms with E-state index in [2.05, 4.69) is 5.16 Å². The average molecular weight is 511 g/mol. The average Bonchev–Trinajstić information content (AvgIpc) is 3.34. The van der Waals surface area contributed by atoms with Gasteiger partial charge in [0, 0.05) is 23.7 Å². The maximum Gasteiger partial charge on any atom is 0.326 e. The lowest BCUT2D eigenvalue weighted by Gasteiger charge is -2.37. The molecule has 0 aliphatic carbocycles. The molecule has 5 rings (SSSR count). The second-order valence-electron chi connectivity index (χ2n) is 8.30. The second kappa shape index (κ2) is 8.17. The third-order valence-corrected chi connectivity index (χ3v) is 8.10. The minimum atomic E-state index is -3.88. The minimum Gasteiger partial charge on any atom is -0.354 e. The Morgan fingerprint density at radius 3 is 2.68 bits per heavy atom. The molecule has 0 bridgehead atoms. The number of halogens is 3. The fourth-order valence-corrected chi connectivity index (χ4v) is 5.69. The smallest absolute Gasteiger partial charge is 0.326 e. The fourth-order valence-electron chi connectivity index (χ4n) is 4.62. The Labute approximate surface area is 199 Å². The summed E-state index contributed by atoms with van der Waals surface area (Å²) < 4.78 is 61.5. The lowest BCUT2D eigenvalue weighted by atomic mass is 10.0. The highest BCUT2D eigenvalue weighted by atomic mass is 35.5. The highest BCUT2D eigenvalue weighted by Crippen LogP contribution is 2.43. The molecule has 2 amide bonds. The number of nitrogens with zero attached hydrogens (tertiary/aromatic N) is 3. The second-order valence-corrected chi connectivity index (χ2v) is 10.8. The number of amides is 2. The molecule has 1 N–H and O–H groups in total. The van der Waals surface area contributed by atoms with Crippen molar-refractivity contribution in [1.82, 2.24) is 14.8 Å². The number of hydrogen-bond donors (Lipinski definition) is 1. The lowest BCUT2D eigenvalue weighted by molar-refractivity contribution is -0.0448. The molecule has 2 saturated heterocycles. The van der Waals surface area contributed by atoms with Gasteiger partial charge in [-0.05, 0) is 31.0 Å². The maximum atomic E-state index is 15.0. The van der Waals surface area contributed by atoms with Gasteiger partial charge in [-0.25, -0.2) is 26.7 Å². The van der Waals surface area contributed by atoms with Crippen molar-refractivity contribution < 1.29 is 26.5 Å². The summed E-state index contributed by atoms with van der Waals surface area (Å²) in [4.78, 5) is 15.7. The number of sulfonamides is 1. The molecular formula is C22H21ClF2N4O4S. The first kappa shape index (κ1) is 23.0. The molecule has 2 aliphatic rings. The van der Waals surface area contributed by atoms with Crippen LogP contribution >= 0.6 is 11.6 Å². The summed E-state index contributed by atoms with van der Waals surface area (Å²) in [6.45, 7) is 0.891. The van der Waals surface area contributed by atoms with Gasteiger partial charge < -0.3 is 9.42 Å². The van der Waals surface area contributed by atoms with Gasteiger partial charge in [0.2, 0.25) is 10.0 Å². The Morgan fingerprint density at radius 2 is 1.94 bits per heavy atom. The number of alkyl halides is 2. The van der Waals surface area contributed by atoms with Crippen molar-refractivity contribution in [3.8, 4) is 11.1 Å². The van der Waals surface area contributed by atoms with Gasteiger partial charge in [0.15, 0.2) is 11.4 Å². The summed E-state index contributed by atoms with van der Waals surface area (Å²) in [7, 11) is -3.88. The largest absolute Gasteiger partial charge is 0.354 e. The van der Waals surface area contributed by atoms with Gasteiger partial charge in [0.25, 0.3) is 5.92 Å². The van der Waals surface area contributed by atoms with Crippen molar-refractivity contribution in [3.05, 3.63) is 47.5 Å². The molecule has 3 aromatic rings. The number of benzene rings is 2. The number of nitrogens with one attached hydrogen (secondary N) is 1. The first-order chi connectivity index (χ1) is 16.1. The van der Waals surface area contributed by atoms with E-state index in [1.165, 1.54) is 11.8 Å². The quantitative estimate of drug-likeness (QED) is 0.557. The third kappa shape index (κ3) is 3.62. The molecule has 0 radical (unpaired) electrons. The van der Waals surface area contributed by atoms with Crippen LogP contribution in [0.5, 0.6) is 0 Å².